The Labute approximate surface area is 108 Å². The van der Waals surface area contributed by atoms with Gasteiger partial charge in [0.05, 0.1) is 12.3 Å². The monoisotopic (exact) mass is 248 g/mol. The summed E-state index contributed by atoms with van der Waals surface area (Å²) in [5.74, 6) is 1.77. The van der Waals surface area contributed by atoms with Gasteiger partial charge in [0.2, 0.25) is 0 Å². The van der Waals surface area contributed by atoms with Crippen molar-refractivity contribution in [3.05, 3.63) is 17.6 Å². The normalized spacial score (nSPS) is 23.2. The van der Waals surface area contributed by atoms with E-state index in [9.17, 15) is 0 Å². The van der Waals surface area contributed by atoms with Gasteiger partial charge >= 0.3 is 0 Å². The van der Waals surface area contributed by atoms with Crippen molar-refractivity contribution in [2.45, 2.75) is 19.4 Å². The van der Waals surface area contributed by atoms with Gasteiger partial charge in [0, 0.05) is 51.2 Å². The maximum atomic E-state index is 5.25. The van der Waals surface area contributed by atoms with Crippen molar-refractivity contribution in [1.29, 1.82) is 0 Å². The van der Waals surface area contributed by atoms with E-state index in [4.69, 9.17) is 4.74 Å². The number of hydrogen-bond acceptors (Lipinski definition) is 5. The standard InChI is InChI=1S/C13H20N4O/c1-18-8-10-3-5-17(7-10)13-11-6-14-4-2-12(11)15-9-16-13/h9-10,14H,2-8H2,1H3. The molecular formula is C13H20N4O. The Morgan fingerprint density at radius 2 is 2.44 bits per heavy atom. The maximum Gasteiger partial charge on any atom is 0.136 e. The number of fused-ring (bicyclic) bond motifs is 1. The number of anilines is 1. The molecule has 1 fully saturated rings. The van der Waals surface area contributed by atoms with Crippen LogP contribution in [-0.4, -0.2) is 43.3 Å². The number of ether oxygens (including phenoxy) is 1. The van der Waals surface area contributed by atoms with E-state index in [1.165, 1.54) is 17.7 Å². The molecule has 1 aromatic heterocycles. The largest absolute Gasteiger partial charge is 0.384 e. The minimum Gasteiger partial charge on any atom is -0.384 e. The first-order valence-electron chi connectivity index (χ1n) is 6.66. The summed E-state index contributed by atoms with van der Waals surface area (Å²) in [6.45, 7) is 4.91. The van der Waals surface area contributed by atoms with E-state index in [-0.39, 0.29) is 0 Å². The molecule has 0 aliphatic carbocycles. The number of rotatable bonds is 3. The number of hydrogen-bond donors (Lipinski definition) is 1. The van der Waals surface area contributed by atoms with E-state index < -0.39 is 0 Å². The van der Waals surface area contributed by atoms with E-state index in [2.05, 4.69) is 20.2 Å². The minimum absolute atomic E-state index is 0.636. The summed E-state index contributed by atoms with van der Waals surface area (Å²) in [7, 11) is 1.78. The molecule has 2 aliphatic heterocycles. The van der Waals surface area contributed by atoms with Crippen molar-refractivity contribution in [3.8, 4) is 0 Å². The lowest BCUT2D eigenvalue weighted by Gasteiger charge is -2.24. The molecule has 1 N–H and O–H groups in total. The van der Waals surface area contributed by atoms with Gasteiger partial charge in [0.15, 0.2) is 0 Å². The highest BCUT2D eigenvalue weighted by Crippen LogP contribution is 2.27. The zero-order valence-electron chi connectivity index (χ0n) is 10.9. The summed E-state index contributed by atoms with van der Waals surface area (Å²) in [5.41, 5.74) is 2.51. The number of aromatic nitrogens is 2. The van der Waals surface area contributed by atoms with Crippen molar-refractivity contribution in [2.24, 2.45) is 5.92 Å². The zero-order valence-corrected chi connectivity index (χ0v) is 10.9. The molecule has 3 rings (SSSR count). The van der Waals surface area contributed by atoms with Crippen LogP contribution in [0.5, 0.6) is 0 Å². The SMILES string of the molecule is COCC1CCN(c2ncnc3c2CNCC3)C1. The van der Waals surface area contributed by atoms with Gasteiger partial charge in [0.1, 0.15) is 12.1 Å². The molecule has 0 amide bonds. The molecule has 5 heteroatoms. The fraction of sp³-hybridized carbons (Fsp3) is 0.692. The quantitative estimate of drug-likeness (QED) is 0.848. The van der Waals surface area contributed by atoms with Gasteiger partial charge in [-0.3, -0.25) is 0 Å². The van der Waals surface area contributed by atoms with Gasteiger partial charge in [0.25, 0.3) is 0 Å². The molecule has 2 aliphatic rings. The van der Waals surface area contributed by atoms with Crippen LogP contribution in [0.1, 0.15) is 17.7 Å². The predicted octanol–water partition coefficient (Wildman–Crippen LogP) is 0.595. The fourth-order valence-electron chi connectivity index (χ4n) is 2.92. The van der Waals surface area contributed by atoms with Gasteiger partial charge in [-0.15, -0.1) is 0 Å². The molecule has 0 spiro atoms. The first kappa shape index (κ1) is 11.9. The summed E-state index contributed by atoms with van der Waals surface area (Å²) in [5, 5.41) is 3.41. The Hall–Kier alpha value is -1.20. The van der Waals surface area contributed by atoms with Crippen LogP contribution in [0.15, 0.2) is 6.33 Å². The van der Waals surface area contributed by atoms with Crippen molar-refractivity contribution in [2.75, 3.05) is 38.3 Å². The molecular weight excluding hydrogens is 228 g/mol. The molecule has 1 unspecified atom stereocenters. The molecule has 1 saturated heterocycles. The zero-order chi connectivity index (χ0) is 12.4. The van der Waals surface area contributed by atoms with Crippen LogP contribution in [0.3, 0.4) is 0 Å². The Morgan fingerprint density at radius 1 is 1.50 bits per heavy atom. The first-order chi connectivity index (χ1) is 8.88. The fourth-order valence-corrected chi connectivity index (χ4v) is 2.92. The molecule has 18 heavy (non-hydrogen) atoms. The van der Waals surface area contributed by atoms with Crippen molar-refractivity contribution in [3.63, 3.8) is 0 Å². The maximum absolute atomic E-state index is 5.25. The van der Waals surface area contributed by atoms with E-state index in [0.29, 0.717) is 5.92 Å². The lowest BCUT2D eigenvalue weighted by atomic mass is 10.1. The number of nitrogens with zero attached hydrogens (tertiary/aromatic N) is 3. The third-order valence-corrected chi connectivity index (χ3v) is 3.84. The molecule has 3 heterocycles. The summed E-state index contributed by atoms with van der Waals surface area (Å²) < 4.78 is 5.25. The van der Waals surface area contributed by atoms with E-state index in [0.717, 1.165) is 45.0 Å². The van der Waals surface area contributed by atoms with E-state index >= 15 is 0 Å². The second-order valence-corrected chi connectivity index (χ2v) is 5.11. The van der Waals surface area contributed by atoms with Gasteiger partial charge < -0.3 is 15.0 Å². The van der Waals surface area contributed by atoms with Crippen LogP contribution in [-0.2, 0) is 17.7 Å². The van der Waals surface area contributed by atoms with Crippen molar-refractivity contribution < 1.29 is 4.74 Å². The lowest BCUT2D eigenvalue weighted by molar-refractivity contribution is 0.161. The van der Waals surface area contributed by atoms with Gasteiger partial charge in [-0.2, -0.15) is 0 Å². The third-order valence-electron chi connectivity index (χ3n) is 3.84. The highest BCUT2D eigenvalue weighted by molar-refractivity contribution is 5.50. The van der Waals surface area contributed by atoms with Crippen LogP contribution >= 0.6 is 0 Å². The Bertz CT molecular complexity index is 423. The van der Waals surface area contributed by atoms with E-state index in [1.54, 1.807) is 13.4 Å². The van der Waals surface area contributed by atoms with Gasteiger partial charge in [-0.1, -0.05) is 0 Å². The molecule has 5 nitrogen and oxygen atoms in total. The second kappa shape index (κ2) is 5.20. The smallest absolute Gasteiger partial charge is 0.136 e. The average molecular weight is 248 g/mol. The van der Waals surface area contributed by atoms with Crippen molar-refractivity contribution >= 4 is 5.82 Å². The van der Waals surface area contributed by atoms with Crippen LogP contribution in [0.25, 0.3) is 0 Å². The summed E-state index contributed by atoms with van der Waals surface area (Å²) in [6, 6.07) is 0. The summed E-state index contributed by atoms with van der Waals surface area (Å²) in [4.78, 5) is 11.3. The molecule has 0 bridgehead atoms. The van der Waals surface area contributed by atoms with Crippen LogP contribution in [0, 0.1) is 5.92 Å². The molecule has 1 atom stereocenters. The molecule has 98 valence electrons. The first-order valence-corrected chi connectivity index (χ1v) is 6.66. The highest BCUT2D eigenvalue weighted by Gasteiger charge is 2.26. The summed E-state index contributed by atoms with van der Waals surface area (Å²) >= 11 is 0. The molecule has 0 saturated carbocycles. The highest BCUT2D eigenvalue weighted by atomic mass is 16.5. The van der Waals surface area contributed by atoms with Crippen LogP contribution < -0.4 is 10.2 Å². The Morgan fingerprint density at radius 3 is 3.33 bits per heavy atom. The lowest BCUT2D eigenvalue weighted by Crippen LogP contribution is -2.30. The summed E-state index contributed by atoms with van der Waals surface area (Å²) in [6.07, 6.45) is 3.92. The molecule has 1 aromatic rings. The predicted molar refractivity (Wildman–Crippen MR) is 69.6 cm³/mol. The Balaban J connectivity index is 1.80. The van der Waals surface area contributed by atoms with Crippen LogP contribution in [0.2, 0.25) is 0 Å². The topological polar surface area (TPSA) is 50.3 Å². The van der Waals surface area contributed by atoms with Crippen LogP contribution in [0.4, 0.5) is 5.82 Å². The average Bonchev–Trinajstić information content (AvgIpc) is 2.87. The number of nitrogens with one attached hydrogen (secondary N) is 1. The molecule has 0 radical (unpaired) electrons. The minimum atomic E-state index is 0.636. The van der Waals surface area contributed by atoms with Crippen molar-refractivity contribution in [1.82, 2.24) is 15.3 Å². The van der Waals surface area contributed by atoms with E-state index in [1.807, 2.05) is 0 Å². The Kier molecular flexibility index (Phi) is 3.43. The van der Waals surface area contributed by atoms with Gasteiger partial charge in [-0.05, 0) is 6.42 Å². The molecule has 0 aromatic carbocycles. The third kappa shape index (κ3) is 2.20. The van der Waals surface area contributed by atoms with Gasteiger partial charge in [-0.25, -0.2) is 9.97 Å². The second-order valence-electron chi connectivity index (χ2n) is 5.11. The number of methoxy groups -OCH3 is 1.